The van der Waals surface area contributed by atoms with Crippen molar-refractivity contribution in [3.05, 3.63) is 0 Å². The van der Waals surface area contributed by atoms with Crippen molar-refractivity contribution in [3.8, 4) is 0 Å². The van der Waals surface area contributed by atoms with Gasteiger partial charge in [-0.3, -0.25) is 0 Å². The minimum absolute atomic E-state index is 0. The van der Waals surface area contributed by atoms with Crippen LogP contribution in [0.2, 0.25) is 0 Å². The number of hydrogen-bond donors (Lipinski definition) is 1. The molecule has 0 heterocycles. The van der Waals surface area contributed by atoms with Crippen LogP contribution in [0.5, 0.6) is 0 Å². The zero-order valence-electron chi connectivity index (χ0n) is 8.12. The average Bonchev–Trinajstić information content (AvgIpc) is 0.722. The van der Waals surface area contributed by atoms with E-state index in [9.17, 15) is 0 Å². The molecule has 0 spiro atoms. The molecule has 0 aromatic heterocycles. The molecule has 0 fully saturated rings. The van der Waals surface area contributed by atoms with Crippen LogP contribution in [0, 0.1) is 0 Å². The van der Waals surface area contributed by atoms with Gasteiger partial charge in [-0.25, -0.2) is 0 Å². The van der Waals surface area contributed by atoms with Gasteiger partial charge in [0.1, 0.15) is 0 Å². The molecule has 0 saturated heterocycles. The first kappa shape index (κ1) is 29.3. The molecule has 0 unspecified atom stereocenters. The minimum atomic E-state index is -5.14. The Bertz CT molecular complexity index is 70.2. The van der Waals surface area contributed by atoms with E-state index in [2.05, 4.69) is 0 Å². The molecule has 0 rings (SSSR count). The zero-order chi connectivity index (χ0) is 4.50. The van der Waals surface area contributed by atoms with Gasteiger partial charge in [0, 0.05) is 0 Å². The van der Waals surface area contributed by atoms with Gasteiger partial charge in [0.2, 0.25) is 0 Å². The Labute approximate surface area is 186 Å². The number of hydrogen-bond acceptors (Lipinski definition) is 3. The van der Waals surface area contributed by atoms with Gasteiger partial charge < -0.3 is 22.1 Å². The molecule has 0 amide bonds. The minimum Gasteiger partial charge on any atom is -1.00 e. The predicted molar refractivity (Wildman–Crippen MR) is 12.0 cm³/mol. The second-order valence-corrected chi connectivity index (χ2v) is 1.41. The Hall–Kier alpha value is 5.38. The van der Waals surface area contributed by atoms with Gasteiger partial charge in [0.15, 0.2) is 0 Å². The van der Waals surface area contributed by atoms with E-state index in [4.69, 9.17) is 19.2 Å². The van der Waals surface area contributed by atoms with Crippen LogP contribution >= 0.6 is 7.82 Å². The van der Waals surface area contributed by atoms with E-state index in [0.717, 1.165) is 0 Å². The molecule has 1 N–H and O–H groups in total. The molecule has 0 bridgehead atoms. The van der Waals surface area contributed by atoms with Gasteiger partial charge in [-0.1, -0.05) is 0 Å². The second kappa shape index (κ2) is 15.8. The van der Waals surface area contributed by atoms with E-state index in [-0.39, 0.29) is 165 Å². The Morgan fingerprint density at radius 3 is 1.22 bits per heavy atom. The molecular weight excluding hydrogens is 219 g/mol. The molecule has 0 aliphatic rings. The normalized spacial score (nSPS) is 6.56. The predicted octanol–water partition coefficient (Wildman–Crippen LogP) is -14.0. The molecule has 36 valence electrons. The van der Waals surface area contributed by atoms with Crippen molar-refractivity contribution in [2.45, 2.75) is 0 Å². The Morgan fingerprint density at radius 1 is 1.22 bits per heavy atom. The Morgan fingerprint density at radius 2 is 1.22 bits per heavy atom. The summed E-state index contributed by atoms with van der Waals surface area (Å²) < 4.78 is 8.66. The van der Waals surface area contributed by atoms with Gasteiger partial charge >= 0.3 is 162 Å². The fourth-order valence-electron chi connectivity index (χ4n) is 0. The van der Waals surface area contributed by atoms with E-state index in [1.54, 1.807) is 0 Å². The smallest absolute Gasteiger partial charge is 1.00 e. The molecule has 0 aromatic carbocycles. The largest absolute Gasteiger partial charge is 1.00 e. The monoisotopic (exact) mass is 222 g/mol. The molecule has 0 radical (unpaired) electrons. The molecule has 0 aliphatic heterocycles. The fourth-order valence-corrected chi connectivity index (χ4v) is 0. The maximum atomic E-state index is 8.66. The fraction of sp³-hybridized carbons (Fsp3) is 0. The van der Waals surface area contributed by atoms with Crippen LogP contribution in [0.3, 0.4) is 0 Å². The van der Waals surface area contributed by atoms with Crippen LogP contribution in [-0.4, -0.2) is 4.89 Å². The Kier molecular flexibility index (Phi) is 51.5. The van der Waals surface area contributed by atoms with Crippen molar-refractivity contribution in [2.24, 2.45) is 0 Å². The Balaban J connectivity index is -0.00000000533. The van der Waals surface area contributed by atoms with Crippen molar-refractivity contribution in [2.75, 3.05) is 0 Å². The third kappa shape index (κ3) is 59.8. The summed E-state index contributed by atoms with van der Waals surface area (Å²) in [6.45, 7) is 0. The summed E-state index contributed by atoms with van der Waals surface area (Å²) in [5, 5.41) is 0. The third-order valence-corrected chi connectivity index (χ3v) is 0. The molecule has 0 aliphatic carbocycles. The summed E-state index contributed by atoms with van der Waals surface area (Å²) in [4.78, 5) is 24.3. The van der Waals surface area contributed by atoms with Crippen LogP contribution in [0.15, 0.2) is 0 Å². The summed E-state index contributed by atoms with van der Waals surface area (Å²) in [7, 11) is -5.14. The van der Waals surface area contributed by atoms with Crippen molar-refractivity contribution in [1.82, 2.24) is 0 Å². The standard InChI is InChI=1S/2K.2Na.H3O4P.2H/c;;;;1-5(2,3)4;;/h;;;;(H3,1,2,3,4);;/q4*+1;;2*-1/p-2. The maximum Gasteiger partial charge on any atom is 1.00 e. The quantitative estimate of drug-likeness (QED) is 0.326. The third-order valence-electron chi connectivity index (χ3n) is 0. The van der Waals surface area contributed by atoms with Crippen LogP contribution in [0.25, 0.3) is 0 Å². The van der Waals surface area contributed by atoms with Gasteiger partial charge in [-0.15, -0.1) is 0 Å². The molecule has 9 heteroatoms. The number of rotatable bonds is 0. The summed E-state index contributed by atoms with van der Waals surface area (Å²) in [5.74, 6) is 0. The van der Waals surface area contributed by atoms with E-state index >= 15 is 0 Å². The van der Waals surface area contributed by atoms with Crippen LogP contribution in [-0.2, 0) is 4.57 Å². The average molecular weight is 222 g/mol. The SMILES string of the molecule is O=P([O-])([O-])O.[H-].[H-].[K+].[K+].[Na+].[Na+]. The van der Waals surface area contributed by atoms with E-state index in [1.807, 2.05) is 0 Å². The molecule has 9 heavy (non-hydrogen) atoms. The molecular formula is H3K2Na2O4P. The summed E-state index contributed by atoms with van der Waals surface area (Å²) in [6, 6.07) is 0. The van der Waals surface area contributed by atoms with Gasteiger partial charge in [0.25, 0.3) is 0 Å². The first-order valence-electron chi connectivity index (χ1n) is 0.748. The molecule has 0 atom stereocenters. The zero-order valence-corrected chi connectivity index (χ0v) is 17.3. The van der Waals surface area contributed by atoms with E-state index in [1.165, 1.54) is 0 Å². The van der Waals surface area contributed by atoms with Crippen LogP contribution in [0.4, 0.5) is 0 Å². The van der Waals surface area contributed by atoms with E-state index in [0.29, 0.717) is 0 Å². The van der Waals surface area contributed by atoms with Gasteiger partial charge in [0.05, 0.1) is 7.82 Å². The van der Waals surface area contributed by atoms with Crippen LogP contribution < -0.4 is 172 Å². The molecule has 4 nitrogen and oxygen atoms in total. The summed E-state index contributed by atoms with van der Waals surface area (Å²) in [6.07, 6.45) is 0. The van der Waals surface area contributed by atoms with Gasteiger partial charge in [-0.05, 0) is 0 Å². The van der Waals surface area contributed by atoms with Crippen molar-refractivity contribution in [1.29, 1.82) is 0 Å². The molecule has 0 aromatic rings. The maximum absolute atomic E-state index is 8.66. The second-order valence-electron chi connectivity index (χ2n) is 0.469. The summed E-state index contributed by atoms with van der Waals surface area (Å²) in [5.41, 5.74) is 0. The summed E-state index contributed by atoms with van der Waals surface area (Å²) >= 11 is 0. The number of phosphoric acid groups is 1. The first-order chi connectivity index (χ1) is 2.00. The van der Waals surface area contributed by atoms with Gasteiger partial charge in [-0.2, -0.15) is 0 Å². The van der Waals surface area contributed by atoms with Crippen LogP contribution in [0.1, 0.15) is 2.85 Å². The van der Waals surface area contributed by atoms with Crippen molar-refractivity contribution in [3.63, 3.8) is 0 Å². The van der Waals surface area contributed by atoms with E-state index < -0.39 is 7.82 Å². The first-order valence-corrected chi connectivity index (χ1v) is 2.24. The topological polar surface area (TPSA) is 83.4 Å². The van der Waals surface area contributed by atoms with Crippen molar-refractivity contribution < 1.29 is 184 Å². The molecule has 0 saturated carbocycles. The van der Waals surface area contributed by atoms with Crippen molar-refractivity contribution >= 4 is 7.82 Å².